The predicted molar refractivity (Wildman–Crippen MR) is 117 cm³/mol. The zero-order valence-corrected chi connectivity index (χ0v) is 16.8. The molecule has 2 N–H and O–H groups in total. The van der Waals surface area contributed by atoms with Gasteiger partial charge in [-0.15, -0.1) is 11.8 Å². The maximum atomic E-state index is 11.9. The van der Waals surface area contributed by atoms with Gasteiger partial charge in [0.1, 0.15) is 0 Å². The summed E-state index contributed by atoms with van der Waals surface area (Å²) < 4.78 is 2.20. The molecule has 0 aliphatic rings. The van der Waals surface area contributed by atoms with Crippen LogP contribution in [-0.4, -0.2) is 34.4 Å². The fourth-order valence-corrected chi connectivity index (χ4v) is 3.58. The van der Waals surface area contributed by atoms with Crippen molar-refractivity contribution in [1.82, 2.24) is 9.88 Å². The average molecular weight is 396 g/mol. The van der Waals surface area contributed by atoms with Crippen molar-refractivity contribution in [3.05, 3.63) is 66.4 Å². The quantitative estimate of drug-likeness (QED) is 0.541. The number of fused-ring (bicyclic) bond motifs is 1. The molecule has 0 aliphatic heterocycles. The summed E-state index contributed by atoms with van der Waals surface area (Å²) in [6.45, 7) is 3.49. The summed E-state index contributed by atoms with van der Waals surface area (Å²) in [5.41, 5.74) is 3.14. The second-order valence-corrected chi connectivity index (χ2v) is 7.66. The second-order valence-electron chi connectivity index (χ2n) is 6.68. The van der Waals surface area contributed by atoms with Gasteiger partial charge in [0.2, 0.25) is 11.8 Å². The lowest BCUT2D eigenvalue weighted by molar-refractivity contribution is -0.118. The molecule has 1 aromatic heterocycles. The largest absolute Gasteiger partial charge is 0.355 e. The van der Waals surface area contributed by atoms with E-state index in [2.05, 4.69) is 39.6 Å². The molecular weight excluding hydrogens is 370 g/mol. The SMILES string of the molecule is Cc1ccc(NC(=O)CSCC(=O)NCCCn2ccc3ccccc32)cc1. The molecule has 2 aromatic carbocycles. The van der Waals surface area contributed by atoms with Gasteiger partial charge in [-0.2, -0.15) is 0 Å². The average Bonchev–Trinajstić information content (AvgIpc) is 3.10. The topological polar surface area (TPSA) is 63.1 Å². The van der Waals surface area contributed by atoms with E-state index < -0.39 is 0 Å². The normalized spacial score (nSPS) is 10.8. The van der Waals surface area contributed by atoms with Crippen LogP contribution in [0.2, 0.25) is 0 Å². The molecule has 0 aliphatic carbocycles. The number of aryl methyl sites for hydroxylation is 2. The van der Waals surface area contributed by atoms with Crippen molar-refractivity contribution in [2.45, 2.75) is 19.9 Å². The minimum absolute atomic E-state index is 0.0366. The van der Waals surface area contributed by atoms with Gasteiger partial charge >= 0.3 is 0 Å². The van der Waals surface area contributed by atoms with Crippen LogP contribution >= 0.6 is 11.8 Å². The Bertz CT molecular complexity index is 934. The van der Waals surface area contributed by atoms with Gasteiger partial charge in [0.15, 0.2) is 0 Å². The van der Waals surface area contributed by atoms with Crippen LogP contribution in [0.1, 0.15) is 12.0 Å². The number of hydrogen-bond acceptors (Lipinski definition) is 3. The van der Waals surface area contributed by atoms with Gasteiger partial charge < -0.3 is 15.2 Å². The Labute approximate surface area is 169 Å². The van der Waals surface area contributed by atoms with E-state index in [1.807, 2.05) is 43.3 Å². The van der Waals surface area contributed by atoms with Gasteiger partial charge in [-0.25, -0.2) is 0 Å². The molecule has 0 saturated carbocycles. The van der Waals surface area contributed by atoms with E-state index in [-0.39, 0.29) is 23.3 Å². The van der Waals surface area contributed by atoms with Crippen LogP contribution in [0.15, 0.2) is 60.8 Å². The molecule has 2 amide bonds. The van der Waals surface area contributed by atoms with Crippen molar-refractivity contribution < 1.29 is 9.59 Å². The highest BCUT2D eigenvalue weighted by Crippen LogP contribution is 2.15. The van der Waals surface area contributed by atoms with Crippen molar-refractivity contribution in [2.24, 2.45) is 0 Å². The lowest BCUT2D eigenvalue weighted by Crippen LogP contribution is -2.27. The van der Waals surface area contributed by atoms with Crippen LogP contribution in [0.4, 0.5) is 5.69 Å². The van der Waals surface area contributed by atoms with Gasteiger partial charge in [-0.3, -0.25) is 9.59 Å². The number of hydrogen-bond donors (Lipinski definition) is 2. The third-order valence-electron chi connectivity index (χ3n) is 4.38. The Morgan fingerprint density at radius 3 is 2.54 bits per heavy atom. The number of amides is 2. The number of rotatable bonds is 9. The Morgan fingerprint density at radius 2 is 1.71 bits per heavy atom. The molecule has 0 radical (unpaired) electrons. The van der Waals surface area contributed by atoms with Crippen LogP contribution in [0.5, 0.6) is 0 Å². The number of carbonyl (C=O) groups excluding carboxylic acids is 2. The van der Waals surface area contributed by atoms with Crippen molar-refractivity contribution in [3.63, 3.8) is 0 Å². The van der Waals surface area contributed by atoms with Crippen LogP contribution in [0.3, 0.4) is 0 Å². The maximum absolute atomic E-state index is 11.9. The number of thioether (sulfide) groups is 1. The number of carbonyl (C=O) groups is 2. The van der Waals surface area contributed by atoms with Gasteiger partial charge in [0, 0.05) is 30.5 Å². The van der Waals surface area contributed by atoms with Crippen LogP contribution < -0.4 is 10.6 Å². The van der Waals surface area contributed by atoms with E-state index in [1.165, 1.54) is 22.7 Å². The van der Waals surface area contributed by atoms with E-state index in [4.69, 9.17) is 0 Å². The fraction of sp³-hybridized carbons (Fsp3) is 0.273. The molecule has 28 heavy (non-hydrogen) atoms. The third-order valence-corrected chi connectivity index (χ3v) is 5.31. The van der Waals surface area contributed by atoms with Crippen molar-refractivity contribution in [2.75, 3.05) is 23.4 Å². The number of anilines is 1. The van der Waals surface area contributed by atoms with Gasteiger partial charge in [-0.1, -0.05) is 35.9 Å². The lowest BCUT2D eigenvalue weighted by atomic mass is 10.2. The highest BCUT2D eigenvalue weighted by atomic mass is 32.2. The van der Waals surface area contributed by atoms with E-state index in [1.54, 1.807) is 0 Å². The number of benzene rings is 2. The van der Waals surface area contributed by atoms with Crippen LogP contribution in [0.25, 0.3) is 10.9 Å². The van der Waals surface area contributed by atoms with Gasteiger partial charge in [0.25, 0.3) is 0 Å². The molecule has 3 aromatic rings. The first-order valence-corrected chi connectivity index (χ1v) is 10.5. The highest BCUT2D eigenvalue weighted by molar-refractivity contribution is 8.00. The van der Waals surface area contributed by atoms with Crippen LogP contribution in [0, 0.1) is 6.92 Å². The van der Waals surface area contributed by atoms with E-state index in [0.717, 1.165) is 24.2 Å². The van der Waals surface area contributed by atoms with Gasteiger partial charge in [-0.05, 0) is 43.0 Å². The summed E-state index contributed by atoms with van der Waals surface area (Å²) in [6.07, 6.45) is 2.94. The Balaban J connectivity index is 1.29. The fourth-order valence-electron chi connectivity index (χ4n) is 2.93. The third kappa shape index (κ3) is 5.89. The summed E-state index contributed by atoms with van der Waals surface area (Å²) in [6, 6.07) is 18.0. The highest BCUT2D eigenvalue weighted by Gasteiger charge is 2.06. The monoisotopic (exact) mass is 395 g/mol. The molecule has 0 fully saturated rings. The number of aromatic nitrogens is 1. The smallest absolute Gasteiger partial charge is 0.234 e. The molecule has 3 rings (SSSR count). The molecule has 1 heterocycles. The lowest BCUT2D eigenvalue weighted by Gasteiger charge is -2.08. The predicted octanol–water partition coefficient (Wildman–Crippen LogP) is 3.83. The number of nitrogens with one attached hydrogen (secondary N) is 2. The molecule has 0 bridgehead atoms. The maximum Gasteiger partial charge on any atom is 0.234 e. The molecule has 0 unspecified atom stereocenters. The summed E-state index contributed by atoms with van der Waals surface area (Å²) in [4.78, 5) is 23.8. The first-order chi connectivity index (χ1) is 13.6. The zero-order chi connectivity index (χ0) is 19.8. The summed E-state index contributed by atoms with van der Waals surface area (Å²) in [5, 5.41) is 6.98. The molecule has 0 spiro atoms. The molecule has 0 saturated heterocycles. The standard InChI is InChI=1S/C22H25N3O2S/c1-17-7-9-19(10-8-17)24-22(27)16-28-15-21(26)23-12-4-13-25-14-11-18-5-2-3-6-20(18)25/h2-3,5-11,14H,4,12-13,15-16H2,1H3,(H,23,26)(H,24,27). The minimum Gasteiger partial charge on any atom is -0.355 e. The Hall–Kier alpha value is -2.73. The second kappa shape index (κ2) is 9.99. The first kappa shape index (κ1) is 20.0. The van der Waals surface area contributed by atoms with Crippen LogP contribution in [-0.2, 0) is 16.1 Å². The van der Waals surface area contributed by atoms with Gasteiger partial charge in [0.05, 0.1) is 11.5 Å². The molecular formula is C22H25N3O2S. The number of para-hydroxylation sites is 1. The molecule has 146 valence electrons. The Kier molecular flexibility index (Phi) is 7.14. The van der Waals surface area contributed by atoms with Crippen molar-refractivity contribution >= 4 is 40.2 Å². The summed E-state index contributed by atoms with van der Waals surface area (Å²) in [7, 11) is 0. The van der Waals surface area contributed by atoms with Crippen molar-refractivity contribution in [3.8, 4) is 0 Å². The zero-order valence-electron chi connectivity index (χ0n) is 16.0. The van der Waals surface area contributed by atoms with E-state index in [9.17, 15) is 9.59 Å². The summed E-state index contributed by atoms with van der Waals surface area (Å²) >= 11 is 1.32. The van der Waals surface area contributed by atoms with E-state index in [0.29, 0.717) is 6.54 Å². The molecule has 0 atom stereocenters. The first-order valence-electron chi connectivity index (χ1n) is 9.37. The van der Waals surface area contributed by atoms with E-state index >= 15 is 0 Å². The minimum atomic E-state index is -0.0962. The Morgan fingerprint density at radius 1 is 0.964 bits per heavy atom. The number of nitrogens with zero attached hydrogens (tertiary/aromatic N) is 1. The summed E-state index contributed by atoms with van der Waals surface area (Å²) in [5.74, 6) is 0.413. The molecule has 6 heteroatoms. The molecule has 5 nitrogen and oxygen atoms in total. The van der Waals surface area contributed by atoms with Crippen molar-refractivity contribution in [1.29, 1.82) is 0 Å².